The number of anilines is 1. The Labute approximate surface area is 184 Å². The summed E-state index contributed by atoms with van der Waals surface area (Å²) in [5, 5.41) is 0. The fraction of sp³-hybridized carbons (Fsp3) is 0.458. The van der Waals surface area contributed by atoms with Gasteiger partial charge in [-0.3, -0.25) is 4.79 Å². The van der Waals surface area contributed by atoms with E-state index in [2.05, 4.69) is 29.2 Å². The molecule has 0 radical (unpaired) electrons. The van der Waals surface area contributed by atoms with Gasteiger partial charge in [0.05, 0.1) is 27.4 Å². The van der Waals surface area contributed by atoms with Crippen LogP contribution in [0.3, 0.4) is 0 Å². The van der Waals surface area contributed by atoms with Crippen molar-refractivity contribution < 1.29 is 23.7 Å². The van der Waals surface area contributed by atoms with Gasteiger partial charge in [-0.1, -0.05) is 12.1 Å². The van der Waals surface area contributed by atoms with Gasteiger partial charge in [0, 0.05) is 45.0 Å². The topological polar surface area (TPSA) is 60.5 Å². The van der Waals surface area contributed by atoms with E-state index in [-0.39, 0.29) is 12.0 Å². The highest BCUT2D eigenvalue weighted by Gasteiger charge is 2.26. The monoisotopic (exact) mass is 428 g/mol. The van der Waals surface area contributed by atoms with E-state index >= 15 is 0 Å². The van der Waals surface area contributed by atoms with Crippen molar-refractivity contribution in [2.75, 3.05) is 53.5 Å². The van der Waals surface area contributed by atoms with E-state index in [0.29, 0.717) is 35.9 Å². The Morgan fingerprint density at radius 2 is 1.68 bits per heavy atom. The van der Waals surface area contributed by atoms with Crippen LogP contribution in [0, 0.1) is 0 Å². The van der Waals surface area contributed by atoms with Gasteiger partial charge in [0.25, 0.3) is 5.91 Å². The van der Waals surface area contributed by atoms with Crippen molar-refractivity contribution in [1.29, 1.82) is 0 Å². The molecule has 0 unspecified atom stereocenters. The average molecular weight is 429 g/mol. The standard InChI is InChI=1S/C24H32N2O5/c1-25(2)19-10-8-17(9-11-19)15-26(16-20-7-6-12-31-20)24(27)18-13-21(28-3)23(30-5)22(14-18)29-4/h8-11,13-14,20H,6-7,12,15-16H2,1-5H3/t20-/m0/s1. The molecule has 3 rings (SSSR count). The molecule has 0 bridgehead atoms. The SMILES string of the molecule is COc1cc(C(=O)N(Cc2ccc(N(C)C)cc2)C[C@@H]2CCCO2)cc(OC)c1OC. The Kier molecular flexibility index (Phi) is 7.63. The van der Waals surface area contributed by atoms with Crippen LogP contribution in [-0.4, -0.2) is 65.5 Å². The van der Waals surface area contributed by atoms with Gasteiger partial charge in [0.1, 0.15) is 0 Å². The van der Waals surface area contributed by atoms with Crippen LogP contribution in [0.2, 0.25) is 0 Å². The van der Waals surface area contributed by atoms with E-state index in [1.165, 1.54) is 0 Å². The molecule has 0 aliphatic carbocycles. The molecular formula is C24H32N2O5. The first-order chi connectivity index (χ1) is 15.0. The third-order valence-corrected chi connectivity index (χ3v) is 5.47. The van der Waals surface area contributed by atoms with Crippen molar-refractivity contribution in [2.45, 2.75) is 25.5 Å². The number of carbonyl (C=O) groups excluding carboxylic acids is 1. The number of hydrogen-bond acceptors (Lipinski definition) is 6. The zero-order chi connectivity index (χ0) is 22.4. The van der Waals surface area contributed by atoms with Crippen LogP contribution >= 0.6 is 0 Å². The van der Waals surface area contributed by atoms with Crippen LogP contribution in [-0.2, 0) is 11.3 Å². The third-order valence-electron chi connectivity index (χ3n) is 5.47. The molecule has 7 nitrogen and oxygen atoms in total. The van der Waals surface area contributed by atoms with Crippen LogP contribution < -0.4 is 19.1 Å². The third kappa shape index (κ3) is 5.41. The largest absolute Gasteiger partial charge is 0.493 e. The van der Waals surface area contributed by atoms with Crippen LogP contribution in [0.4, 0.5) is 5.69 Å². The van der Waals surface area contributed by atoms with E-state index in [9.17, 15) is 4.79 Å². The number of carbonyl (C=O) groups is 1. The van der Waals surface area contributed by atoms with Gasteiger partial charge in [-0.15, -0.1) is 0 Å². The molecule has 1 aliphatic rings. The highest BCUT2D eigenvalue weighted by atomic mass is 16.5. The molecule has 1 saturated heterocycles. The molecule has 7 heteroatoms. The van der Waals surface area contributed by atoms with Crippen LogP contribution in [0.15, 0.2) is 36.4 Å². The first-order valence-electron chi connectivity index (χ1n) is 10.4. The number of ether oxygens (including phenoxy) is 4. The minimum absolute atomic E-state index is 0.0482. The number of nitrogens with zero attached hydrogens (tertiary/aromatic N) is 2. The summed E-state index contributed by atoms with van der Waals surface area (Å²) in [6, 6.07) is 11.6. The number of rotatable bonds is 9. The summed E-state index contributed by atoms with van der Waals surface area (Å²) in [7, 11) is 8.65. The first kappa shape index (κ1) is 22.7. The van der Waals surface area contributed by atoms with Gasteiger partial charge in [-0.25, -0.2) is 0 Å². The molecule has 1 heterocycles. The van der Waals surface area contributed by atoms with Crippen molar-refractivity contribution in [3.8, 4) is 17.2 Å². The van der Waals surface area contributed by atoms with Crippen molar-refractivity contribution >= 4 is 11.6 Å². The minimum atomic E-state index is -0.105. The second-order valence-electron chi connectivity index (χ2n) is 7.80. The lowest BCUT2D eigenvalue weighted by Gasteiger charge is -2.26. The maximum Gasteiger partial charge on any atom is 0.254 e. The molecule has 0 N–H and O–H groups in total. The van der Waals surface area contributed by atoms with Crippen molar-refractivity contribution in [3.05, 3.63) is 47.5 Å². The highest BCUT2D eigenvalue weighted by Crippen LogP contribution is 2.38. The second-order valence-corrected chi connectivity index (χ2v) is 7.80. The summed E-state index contributed by atoms with van der Waals surface area (Å²) < 4.78 is 22.1. The fourth-order valence-corrected chi connectivity index (χ4v) is 3.76. The van der Waals surface area contributed by atoms with Gasteiger partial charge in [0.2, 0.25) is 5.75 Å². The zero-order valence-electron chi connectivity index (χ0n) is 19.0. The van der Waals surface area contributed by atoms with E-state index in [1.54, 1.807) is 33.5 Å². The molecule has 1 aliphatic heterocycles. The zero-order valence-corrected chi connectivity index (χ0v) is 19.0. The summed E-state index contributed by atoms with van der Waals surface area (Å²) in [5.74, 6) is 1.27. The molecule has 2 aromatic carbocycles. The van der Waals surface area contributed by atoms with Gasteiger partial charge in [-0.2, -0.15) is 0 Å². The second kappa shape index (κ2) is 10.4. The predicted octanol–water partition coefficient (Wildman–Crippen LogP) is 3.60. The average Bonchev–Trinajstić information content (AvgIpc) is 3.30. The maximum atomic E-state index is 13.6. The minimum Gasteiger partial charge on any atom is -0.493 e. The molecule has 31 heavy (non-hydrogen) atoms. The smallest absolute Gasteiger partial charge is 0.254 e. The summed E-state index contributed by atoms with van der Waals surface area (Å²) in [6.45, 7) is 1.77. The predicted molar refractivity (Wildman–Crippen MR) is 121 cm³/mol. The highest BCUT2D eigenvalue weighted by molar-refractivity contribution is 5.95. The Bertz CT molecular complexity index is 851. The molecule has 168 valence electrons. The lowest BCUT2D eigenvalue weighted by Crippen LogP contribution is -2.37. The van der Waals surface area contributed by atoms with Crippen molar-refractivity contribution in [2.24, 2.45) is 0 Å². The summed E-state index contributed by atoms with van der Waals surface area (Å²) in [6.07, 6.45) is 2.03. The molecule has 0 saturated carbocycles. The van der Waals surface area contributed by atoms with Gasteiger partial charge >= 0.3 is 0 Å². The summed E-state index contributed by atoms with van der Waals surface area (Å²) in [4.78, 5) is 17.4. The van der Waals surface area contributed by atoms with E-state index in [4.69, 9.17) is 18.9 Å². The van der Waals surface area contributed by atoms with Crippen LogP contribution in [0.25, 0.3) is 0 Å². The quantitative estimate of drug-likeness (QED) is 0.608. The molecule has 1 fully saturated rings. The van der Waals surface area contributed by atoms with Crippen molar-refractivity contribution in [3.63, 3.8) is 0 Å². The molecular weight excluding hydrogens is 396 g/mol. The Morgan fingerprint density at radius 3 is 2.16 bits per heavy atom. The lowest BCUT2D eigenvalue weighted by molar-refractivity contribution is 0.0506. The Hall–Kier alpha value is -2.93. The van der Waals surface area contributed by atoms with Crippen LogP contribution in [0.5, 0.6) is 17.2 Å². The lowest BCUT2D eigenvalue weighted by atomic mass is 10.1. The maximum absolute atomic E-state index is 13.6. The van der Waals surface area contributed by atoms with Gasteiger partial charge in [-0.05, 0) is 42.7 Å². The van der Waals surface area contributed by atoms with Crippen molar-refractivity contribution in [1.82, 2.24) is 4.90 Å². The molecule has 0 aromatic heterocycles. The van der Waals surface area contributed by atoms with Gasteiger partial charge in [0.15, 0.2) is 11.5 Å². The number of benzene rings is 2. The normalized spacial score (nSPS) is 15.5. The number of hydrogen-bond donors (Lipinski definition) is 0. The molecule has 2 aromatic rings. The van der Waals surface area contributed by atoms with E-state index in [1.807, 2.05) is 19.0 Å². The Balaban J connectivity index is 1.90. The fourth-order valence-electron chi connectivity index (χ4n) is 3.76. The van der Waals surface area contributed by atoms with Gasteiger partial charge < -0.3 is 28.7 Å². The molecule has 1 amide bonds. The number of methoxy groups -OCH3 is 3. The van der Waals surface area contributed by atoms with E-state index < -0.39 is 0 Å². The summed E-state index contributed by atoms with van der Waals surface area (Å²) in [5.41, 5.74) is 2.66. The van der Waals surface area contributed by atoms with E-state index in [0.717, 1.165) is 30.7 Å². The van der Waals surface area contributed by atoms with Crippen LogP contribution in [0.1, 0.15) is 28.8 Å². The molecule has 0 spiro atoms. The Morgan fingerprint density at radius 1 is 1.03 bits per heavy atom. The summed E-state index contributed by atoms with van der Waals surface area (Å²) >= 11 is 0. The first-order valence-corrected chi connectivity index (χ1v) is 10.4. The molecule has 1 atom stereocenters. The number of amides is 1.